The Hall–Kier alpha value is -3.62. The molecular weight excluding hydrogens is 689 g/mol. The molecule has 0 radical (unpaired) electrons. The van der Waals surface area contributed by atoms with Crippen LogP contribution in [0.1, 0.15) is 34.3 Å². The van der Waals surface area contributed by atoms with Gasteiger partial charge in [-0.1, -0.05) is 41.6 Å². The molecule has 2 aliphatic rings. The number of halogens is 4. The number of carboxylic acids is 1. The molecule has 1 N–H and O–H groups in total. The Kier molecular flexibility index (Phi) is 12.0. The van der Waals surface area contributed by atoms with Crippen LogP contribution in [0.25, 0.3) is 17.2 Å². The Balaban J connectivity index is 1.31. The fraction of sp³-hybridized carbons (Fsp3) is 0.324. The van der Waals surface area contributed by atoms with Crippen molar-refractivity contribution in [2.75, 3.05) is 52.6 Å². The monoisotopic (exact) mass is 720 g/mol. The third kappa shape index (κ3) is 9.29. The summed E-state index contributed by atoms with van der Waals surface area (Å²) in [5, 5.41) is 9.20. The van der Waals surface area contributed by atoms with Crippen LogP contribution >= 0.6 is 35.6 Å². The molecule has 0 spiro atoms. The molecule has 0 bridgehead atoms. The maximum atomic E-state index is 13.5. The molecule has 2 saturated heterocycles. The van der Waals surface area contributed by atoms with E-state index in [2.05, 4.69) is 4.90 Å². The Morgan fingerprint density at radius 1 is 1.00 bits per heavy atom. The van der Waals surface area contributed by atoms with Gasteiger partial charge in [-0.25, -0.2) is 4.79 Å². The van der Waals surface area contributed by atoms with E-state index in [1.807, 2.05) is 0 Å². The van der Waals surface area contributed by atoms with Crippen molar-refractivity contribution < 1.29 is 42.1 Å². The zero-order chi connectivity index (χ0) is 34.3. The molecule has 3 aromatic rings. The molecule has 2 heterocycles. The summed E-state index contributed by atoms with van der Waals surface area (Å²) in [6.45, 7) is 4.87. The van der Waals surface area contributed by atoms with Gasteiger partial charge in [0.15, 0.2) is 0 Å². The van der Waals surface area contributed by atoms with Gasteiger partial charge in [0.05, 0.1) is 42.5 Å². The number of alkyl halides is 3. The summed E-state index contributed by atoms with van der Waals surface area (Å²) < 4.78 is 58.2. The van der Waals surface area contributed by atoms with Crippen molar-refractivity contribution in [3.63, 3.8) is 0 Å². The summed E-state index contributed by atoms with van der Waals surface area (Å²) in [5.41, 5.74) is 0.457. The van der Waals surface area contributed by atoms with Crippen LogP contribution in [0.2, 0.25) is 5.02 Å². The minimum atomic E-state index is -4.55. The van der Waals surface area contributed by atoms with Gasteiger partial charge < -0.3 is 19.3 Å². The molecule has 1 amide bonds. The molecule has 48 heavy (non-hydrogen) atoms. The Morgan fingerprint density at radius 2 is 1.71 bits per heavy atom. The van der Waals surface area contributed by atoms with Crippen LogP contribution < -0.4 is 9.47 Å². The lowest BCUT2D eigenvalue weighted by Crippen LogP contribution is -2.37. The number of hydrogen-bond donors (Lipinski definition) is 1. The van der Waals surface area contributed by atoms with E-state index >= 15 is 0 Å². The molecule has 5 rings (SSSR count). The minimum Gasteiger partial charge on any atom is -0.494 e. The van der Waals surface area contributed by atoms with Gasteiger partial charge in [0.2, 0.25) is 0 Å². The number of carboxylic acid groups (broad SMARTS) is 1. The number of amides is 1. The van der Waals surface area contributed by atoms with Crippen LogP contribution in [-0.4, -0.2) is 83.7 Å². The summed E-state index contributed by atoms with van der Waals surface area (Å²) in [6, 6.07) is 14.2. The Morgan fingerprint density at radius 3 is 2.42 bits per heavy atom. The van der Waals surface area contributed by atoms with Crippen LogP contribution in [-0.2, 0) is 15.7 Å². The van der Waals surface area contributed by atoms with Crippen molar-refractivity contribution in [1.29, 1.82) is 0 Å². The second-order valence-electron chi connectivity index (χ2n) is 11.0. The van der Waals surface area contributed by atoms with Crippen molar-refractivity contribution in [1.82, 2.24) is 9.80 Å². The second kappa shape index (κ2) is 16.2. The number of benzene rings is 3. The highest BCUT2D eigenvalue weighted by Crippen LogP contribution is 2.39. The number of hydrogen-bond acceptors (Lipinski definition) is 8. The predicted molar refractivity (Wildman–Crippen MR) is 183 cm³/mol. The first kappa shape index (κ1) is 35.7. The standard InChI is InChI=1S/C34H32ClF3N2O6S2/c35-28-9-6-25(34(36,37)38)21-27(28)23-5-10-29(46-16-1-11-39-13-17-44-18-14-39)24(19-23)20-30-31(41)40(33(47)48-30)12-2-15-45-26-7-3-22(4-8-26)32(42)43/h3-10,19-21H,1-2,11-18H2,(H,42,43)/b30-20-. The predicted octanol–water partition coefficient (Wildman–Crippen LogP) is 7.50. The summed E-state index contributed by atoms with van der Waals surface area (Å²) in [5.74, 6) is -0.367. The molecule has 0 aromatic heterocycles. The average molecular weight is 721 g/mol. The zero-order valence-electron chi connectivity index (χ0n) is 25.6. The van der Waals surface area contributed by atoms with Crippen molar-refractivity contribution >= 4 is 57.9 Å². The Labute approximate surface area is 290 Å². The van der Waals surface area contributed by atoms with Gasteiger partial charge in [0.1, 0.15) is 15.8 Å². The largest absolute Gasteiger partial charge is 0.494 e. The van der Waals surface area contributed by atoms with Crippen molar-refractivity contribution in [2.45, 2.75) is 19.0 Å². The normalized spacial score (nSPS) is 16.5. The number of carbonyl (C=O) groups excluding carboxylic acids is 1. The highest BCUT2D eigenvalue weighted by atomic mass is 35.5. The van der Waals surface area contributed by atoms with E-state index in [1.54, 1.807) is 36.4 Å². The topological polar surface area (TPSA) is 88.5 Å². The molecule has 8 nitrogen and oxygen atoms in total. The fourth-order valence-corrected chi connectivity index (χ4v) is 6.64. The average Bonchev–Trinajstić information content (AvgIpc) is 3.33. The summed E-state index contributed by atoms with van der Waals surface area (Å²) in [7, 11) is 0. The number of rotatable bonds is 13. The number of nitrogens with zero attached hydrogens (tertiary/aromatic N) is 2. The van der Waals surface area contributed by atoms with E-state index in [4.69, 9.17) is 43.1 Å². The smallest absolute Gasteiger partial charge is 0.416 e. The number of ether oxygens (including phenoxy) is 3. The summed E-state index contributed by atoms with van der Waals surface area (Å²) in [4.78, 5) is 28.6. The van der Waals surface area contributed by atoms with Gasteiger partial charge >= 0.3 is 12.1 Å². The number of carbonyl (C=O) groups is 2. The van der Waals surface area contributed by atoms with Crippen molar-refractivity contribution in [3.8, 4) is 22.6 Å². The van der Waals surface area contributed by atoms with E-state index in [0.29, 0.717) is 64.6 Å². The molecule has 3 aromatic carbocycles. The van der Waals surface area contributed by atoms with E-state index in [9.17, 15) is 22.8 Å². The minimum absolute atomic E-state index is 0.150. The fourth-order valence-electron chi connectivity index (χ4n) is 5.12. The van der Waals surface area contributed by atoms with Crippen molar-refractivity contribution in [2.24, 2.45) is 0 Å². The molecule has 2 aliphatic heterocycles. The van der Waals surface area contributed by atoms with Gasteiger partial charge in [0.25, 0.3) is 5.91 Å². The molecule has 0 saturated carbocycles. The maximum absolute atomic E-state index is 13.5. The van der Waals surface area contributed by atoms with E-state index in [0.717, 1.165) is 49.9 Å². The molecular formula is C34H32ClF3N2O6S2. The lowest BCUT2D eigenvalue weighted by Gasteiger charge is -2.26. The number of aromatic carboxylic acids is 1. The summed E-state index contributed by atoms with van der Waals surface area (Å²) >= 11 is 13.0. The molecule has 0 unspecified atom stereocenters. The number of morpholine rings is 1. The van der Waals surface area contributed by atoms with E-state index in [1.165, 1.54) is 23.1 Å². The van der Waals surface area contributed by atoms with Crippen LogP contribution in [0, 0.1) is 0 Å². The first-order valence-corrected chi connectivity index (χ1v) is 16.8. The van der Waals surface area contributed by atoms with Crippen molar-refractivity contribution in [3.05, 3.63) is 87.3 Å². The highest BCUT2D eigenvalue weighted by Gasteiger charge is 2.33. The first-order chi connectivity index (χ1) is 23.0. The van der Waals surface area contributed by atoms with Crippen LogP contribution in [0.15, 0.2) is 65.6 Å². The number of thiocarbonyl (C=S) groups is 1. The molecule has 2 fully saturated rings. The van der Waals surface area contributed by atoms with Crippen LogP contribution in [0.3, 0.4) is 0 Å². The summed E-state index contributed by atoms with van der Waals surface area (Å²) in [6.07, 6.45) is -1.70. The van der Waals surface area contributed by atoms with Gasteiger partial charge in [-0.3, -0.25) is 14.6 Å². The van der Waals surface area contributed by atoms with Gasteiger partial charge in [-0.05, 0) is 79.1 Å². The molecule has 0 aliphatic carbocycles. The second-order valence-corrected chi connectivity index (χ2v) is 13.0. The SMILES string of the molecule is O=C(O)c1ccc(OCCCN2C(=O)/C(=C/c3cc(-c4cc(C(F)(F)F)ccc4Cl)ccc3OCCCN3CCOCC3)SC2=S)cc1. The van der Waals surface area contributed by atoms with Gasteiger partial charge in [-0.15, -0.1) is 0 Å². The van der Waals surface area contributed by atoms with E-state index < -0.39 is 17.7 Å². The maximum Gasteiger partial charge on any atom is 0.416 e. The zero-order valence-corrected chi connectivity index (χ0v) is 28.0. The quantitative estimate of drug-likeness (QED) is 0.110. The lowest BCUT2D eigenvalue weighted by atomic mass is 9.99. The Bertz CT molecular complexity index is 1680. The number of thioether (sulfide) groups is 1. The molecule has 0 atom stereocenters. The van der Waals surface area contributed by atoms with E-state index in [-0.39, 0.29) is 28.7 Å². The third-order valence-corrected chi connectivity index (χ3v) is 9.36. The lowest BCUT2D eigenvalue weighted by molar-refractivity contribution is -0.137. The van der Waals surface area contributed by atoms with Gasteiger partial charge in [-0.2, -0.15) is 13.2 Å². The molecule has 14 heteroatoms. The highest BCUT2D eigenvalue weighted by molar-refractivity contribution is 8.26. The van der Waals surface area contributed by atoms with Crippen LogP contribution in [0.4, 0.5) is 13.2 Å². The van der Waals surface area contributed by atoms with Crippen LogP contribution in [0.5, 0.6) is 11.5 Å². The third-order valence-electron chi connectivity index (χ3n) is 7.65. The first-order valence-electron chi connectivity index (χ1n) is 15.2. The molecule has 254 valence electrons. The van der Waals surface area contributed by atoms with Gasteiger partial charge in [0, 0.05) is 42.3 Å².